The van der Waals surface area contributed by atoms with E-state index in [1.54, 1.807) is 36.4 Å². The fourth-order valence-electron chi connectivity index (χ4n) is 2.48. The van der Waals surface area contributed by atoms with E-state index in [-0.39, 0.29) is 5.69 Å². The summed E-state index contributed by atoms with van der Waals surface area (Å²) in [6.07, 6.45) is 1.27. The van der Waals surface area contributed by atoms with Gasteiger partial charge in [-0.05, 0) is 36.8 Å². The number of hydrogen-bond donors (Lipinski definition) is 2. The quantitative estimate of drug-likeness (QED) is 0.627. The highest BCUT2D eigenvalue weighted by molar-refractivity contribution is 6.31. The summed E-state index contributed by atoms with van der Waals surface area (Å²) in [5, 5.41) is 6.31. The summed E-state index contributed by atoms with van der Waals surface area (Å²) in [5.41, 5.74) is 2.49. The first-order chi connectivity index (χ1) is 13.5. The maximum Gasteiger partial charge on any atom is 0.339 e. The summed E-state index contributed by atoms with van der Waals surface area (Å²) in [4.78, 5) is 32.6. The zero-order valence-corrected chi connectivity index (χ0v) is 15.9. The Morgan fingerprint density at radius 3 is 2.61 bits per heavy atom. The monoisotopic (exact) mass is 396 g/mol. The topological polar surface area (TPSA) is 93.2 Å². The van der Waals surface area contributed by atoms with Crippen LogP contribution in [-0.2, 0) is 4.74 Å². The number of benzene rings is 2. The van der Waals surface area contributed by atoms with Crippen LogP contribution < -0.4 is 10.6 Å². The number of amides is 1. The van der Waals surface area contributed by atoms with E-state index in [4.69, 9.17) is 16.3 Å². The Balaban J connectivity index is 1.82. The van der Waals surface area contributed by atoms with Gasteiger partial charge in [-0.15, -0.1) is 0 Å². The summed E-state index contributed by atoms with van der Waals surface area (Å²) >= 11 is 5.99. The van der Waals surface area contributed by atoms with Gasteiger partial charge in [0.25, 0.3) is 5.91 Å². The first-order valence-electron chi connectivity index (χ1n) is 8.32. The number of rotatable bonds is 5. The Morgan fingerprint density at radius 1 is 1.04 bits per heavy atom. The molecule has 1 heterocycles. The van der Waals surface area contributed by atoms with Crippen molar-refractivity contribution in [3.8, 4) is 0 Å². The Bertz CT molecular complexity index is 1040. The summed E-state index contributed by atoms with van der Waals surface area (Å²) in [7, 11) is 1.31. The second kappa shape index (κ2) is 8.49. The predicted octanol–water partition coefficient (Wildman–Crippen LogP) is 4.22. The number of hydrogen-bond acceptors (Lipinski definition) is 6. The van der Waals surface area contributed by atoms with Crippen LogP contribution >= 0.6 is 11.6 Å². The maximum atomic E-state index is 12.6. The number of methoxy groups -OCH3 is 1. The van der Waals surface area contributed by atoms with Gasteiger partial charge in [0.2, 0.25) is 0 Å². The largest absolute Gasteiger partial charge is 0.465 e. The lowest BCUT2D eigenvalue weighted by Crippen LogP contribution is -2.15. The van der Waals surface area contributed by atoms with Gasteiger partial charge in [-0.1, -0.05) is 29.8 Å². The van der Waals surface area contributed by atoms with Crippen molar-refractivity contribution in [3.63, 3.8) is 0 Å². The van der Waals surface area contributed by atoms with E-state index in [9.17, 15) is 9.59 Å². The molecule has 0 atom stereocenters. The molecule has 0 spiro atoms. The van der Waals surface area contributed by atoms with Crippen LogP contribution in [0.2, 0.25) is 5.02 Å². The van der Waals surface area contributed by atoms with Gasteiger partial charge in [-0.25, -0.2) is 14.8 Å². The molecule has 3 rings (SSSR count). The maximum absolute atomic E-state index is 12.6. The summed E-state index contributed by atoms with van der Waals surface area (Å²) < 4.78 is 4.78. The van der Waals surface area contributed by atoms with Gasteiger partial charge < -0.3 is 15.4 Å². The number of esters is 1. The number of halogens is 1. The number of nitrogens with zero attached hydrogens (tertiary/aromatic N) is 2. The zero-order valence-electron chi connectivity index (χ0n) is 15.2. The highest BCUT2D eigenvalue weighted by Crippen LogP contribution is 2.22. The highest BCUT2D eigenvalue weighted by Gasteiger charge is 2.14. The van der Waals surface area contributed by atoms with Crippen LogP contribution in [0.1, 0.15) is 26.4 Å². The zero-order chi connectivity index (χ0) is 20.1. The number of aromatic nitrogens is 2. The molecule has 2 N–H and O–H groups in total. The number of carbonyl (C=O) groups is 2. The molecule has 0 bridgehead atoms. The smallest absolute Gasteiger partial charge is 0.339 e. The number of carbonyl (C=O) groups excluding carboxylic acids is 2. The van der Waals surface area contributed by atoms with Crippen LogP contribution in [-0.4, -0.2) is 29.0 Å². The Labute approximate surface area is 166 Å². The van der Waals surface area contributed by atoms with Gasteiger partial charge >= 0.3 is 5.97 Å². The second-order valence-electron chi connectivity index (χ2n) is 5.86. The molecule has 0 aliphatic rings. The number of aryl methyl sites for hydroxylation is 1. The summed E-state index contributed by atoms with van der Waals surface area (Å²) in [5.74, 6) is -0.525. The third-order valence-corrected chi connectivity index (χ3v) is 4.18. The van der Waals surface area contributed by atoms with Crippen LogP contribution in [0, 0.1) is 6.92 Å². The number of nitrogens with one attached hydrogen (secondary N) is 2. The van der Waals surface area contributed by atoms with Crippen molar-refractivity contribution in [1.29, 1.82) is 0 Å². The molecule has 2 aromatic carbocycles. The standard InChI is InChI=1S/C20H17ClN4O3/c1-12-7-8-13(21)9-16(12)25-19(26)17-10-18(23-11-22-17)24-15-6-4-3-5-14(15)20(27)28-2/h3-11H,1-2H3,(H,25,26)(H,22,23,24). The second-order valence-corrected chi connectivity index (χ2v) is 6.30. The van der Waals surface area contributed by atoms with Gasteiger partial charge in [-0.2, -0.15) is 0 Å². The van der Waals surface area contributed by atoms with Crippen molar-refractivity contribution < 1.29 is 14.3 Å². The molecule has 0 unspecified atom stereocenters. The Hall–Kier alpha value is -3.45. The molecule has 142 valence electrons. The molecular formula is C20H17ClN4O3. The molecule has 0 aliphatic heterocycles. The average Bonchev–Trinajstić information content (AvgIpc) is 2.70. The van der Waals surface area contributed by atoms with E-state index in [1.165, 1.54) is 19.5 Å². The first kappa shape index (κ1) is 19.3. The van der Waals surface area contributed by atoms with Gasteiger partial charge in [-0.3, -0.25) is 4.79 Å². The van der Waals surface area contributed by atoms with Gasteiger partial charge in [0.1, 0.15) is 17.8 Å². The van der Waals surface area contributed by atoms with Crippen molar-refractivity contribution in [1.82, 2.24) is 9.97 Å². The lowest BCUT2D eigenvalue weighted by molar-refractivity contribution is 0.0601. The van der Waals surface area contributed by atoms with Crippen LogP contribution in [0.3, 0.4) is 0 Å². The molecule has 1 aromatic heterocycles. The lowest BCUT2D eigenvalue weighted by Gasteiger charge is -2.11. The predicted molar refractivity (Wildman–Crippen MR) is 107 cm³/mol. The van der Waals surface area contributed by atoms with Crippen molar-refractivity contribution in [2.24, 2.45) is 0 Å². The van der Waals surface area contributed by atoms with Crippen LogP contribution in [0.5, 0.6) is 0 Å². The molecule has 7 nitrogen and oxygen atoms in total. The van der Waals surface area contributed by atoms with Crippen LogP contribution in [0.25, 0.3) is 0 Å². The molecule has 0 saturated carbocycles. The molecule has 0 radical (unpaired) electrons. The Kier molecular flexibility index (Phi) is 5.86. The molecule has 0 saturated heterocycles. The minimum absolute atomic E-state index is 0.160. The molecular weight excluding hydrogens is 380 g/mol. The molecule has 3 aromatic rings. The minimum atomic E-state index is -0.480. The molecule has 0 fully saturated rings. The fourth-order valence-corrected chi connectivity index (χ4v) is 2.66. The first-order valence-corrected chi connectivity index (χ1v) is 8.69. The van der Waals surface area contributed by atoms with E-state index in [0.29, 0.717) is 27.8 Å². The van der Waals surface area contributed by atoms with E-state index in [0.717, 1.165) is 5.56 Å². The lowest BCUT2D eigenvalue weighted by atomic mass is 10.2. The van der Waals surface area contributed by atoms with E-state index < -0.39 is 11.9 Å². The van der Waals surface area contributed by atoms with Gasteiger partial charge in [0, 0.05) is 16.8 Å². The van der Waals surface area contributed by atoms with Crippen LogP contribution in [0.4, 0.5) is 17.2 Å². The molecule has 8 heteroatoms. The molecule has 28 heavy (non-hydrogen) atoms. The van der Waals surface area contributed by atoms with E-state index >= 15 is 0 Å². The summed E-state index contributed by atoms with van der Waals surface area (Å²) in [6, 6.07) is 13.6. The fraction of sp³-hybridized carbons (Fsp3) is 0.100. The van der Waals surface area contributed by atoms with Crippen molar-refractivity contribution in [2.45, 2.75) is 6.92 Å². The van der Waals surface area contributed by atoms with E-state index in [1.807, 2.05) is 13.0 Å². The number of anilines is 3. The van der Waals surface area contributed by atoms with Gasteiger partial charge in [0.15, 0.2) is 0 Å². The number of ether oxygens (including phenoxy) is 1. The average molecular weight is 397 g/mol. The third-order valence-electron chi connectivity index (χ3n) is 3.94. The normalized spacial score (nSPS) is 10.2. The van der Waals surface area contributed by atoms with Crippen molar-refractivity contribution in [2.75, 3.05) is 17.7 Å². The van der Waals surface area contributed by atoms with Crippen molar-refractivity contribution in [3.05, 3.63) is 76.7 Å². The Morgan fingerprint density at radius 2 is 1.82 bits per heavy atom. The third kappa shape index (κ3) is 4.44. The SMILES string of the molecule is COC(=O)c1ccccc1Nc1cc(C(=O)Nc2cc(Cl)ccc2C)ncn1. The summed E-state index contributed by atoms with van der Waals surface area (Å²) in [6.45, 7) is 1.86. The molecule has 1 amide bonds. The number of para-hydroxylation sites is 1. The molecule has 0 aliphatic carbocycles. The minimum Gasteiger partial charge on any atom is -0.465 e. The highest BCUT2D eigenvalue weighted by atomic mass is 35.5. The van der Waals surface area contributed by atoms with E-state index in [2.05, 4.69) is 20.6 Å². The van der Waals surface area contributed by atoms with Crippen molar-refractivity contribution >= 4 is 40.7 Å². The van der Waals surface area contributed by atoms with Crippen LogP contribution in [0.15, 0.2) is 54.9 Å². The van der Waals surface area contributed by atoms with Gasteiger partial charge in [0.05, 0.1) is 18.4 Å².